The molecule has 1 atom stereocenters. The van der Waals surface area contributed by atoms with Crippen LogP contribution in [0.25, 0.3) is 0 Å². The summed E-state index contributed by atoms with van der Waals surface area (Å²) in [4.78, 5) is 21.9. The van der Waals surface area contributed by atoms with Crippen LogP contribution < -0.4 is 5.32 Å². The molecule has 1 heterocycles. The van der Waals surface area contributed by atoms with E-state index in [2.05, 4.69) is 5.32 Å². The molecular weight excluding hydrogens is 212 g/mol. The Morgan fingerprint density at radius 2 is 2.29 bits per heavy atom. The number of amides is 2. The van der Waals surface area contributed by atoms with E-state index in [1.165, 1.54) is 0 Å². The molecule has 14 heavy (non-hydrogen) atoms. The summed E-state index contributed by atoms with van der Waals surface area (Å²) in [6.45, 7) is 1.41. The second-order valence-electron chi connectivity index (χ2n) is 2.82. The normalized spacial score (nSPS) is 21.7. The first-order valence-electron chi connectivity index (χ1n) is 3.94. The molecule has 0 bridgehead atoms. The molecule has 0 aromatic carbocycles. The number of hydrogen-bond acceptors (Lipinski definition) is 4. The molecule has 7 nitrogen and oxygen atoms in total. The van der Waals surface area contributed by atoms with Gasteiger partial charge in [-0.05, 0) is 0 Å². The lowest BCUT2D eigenvalue weighted by Crippen LogP contribution is -2.65. The van der Waals surface area contributed by atoms with Crippen LogP contribution in [-0.4, -0.2) is 41.7 Å². The van der Waals surface area contributed by atoms with Crippen LogP contribution >= 0.6 is 0 Å². The standard InChI is InChI=1S/C6H10N2O5S/c1-2-5(9)7-4-3-8(6(4)10)14(11,12)13/h4H,2-3H2,1H3,(H,7,9)(H,11,12,13). The Kier molecular flexibility index (Phi) is 2.76. The smallest absolute Gasteiger partial charge is 0.343 e. The number of nitrogens with zero attached hydrogens (tertiary/aromatic N) is 1. The number of carbonyl (C=O) groups is 2. The fourth-order valence-electron chi connectivity index (χ4n) is 1.01. The Balaban J connectivity index is 2.53. The van der Waals surface area contributed by atoms with Gasteiger partial charge in [0.15, 0.2) is 0 Å². The van der Waals surface area contributed by atoms with Crippen LogP contribution in [0.5, 0.6) is 0 Å². The van der Waals surface area contributed by atoms with Crippen molar-refractivity contribution in [2.24, 2.45) is 0 Å². The minimum atomic E-state index is -4.46. The zero-order chi connectivity index (χ0) is 10.9. The monoisotopic (exact) mass is 222 g/mol. The summed E-state index contributed by atoms with van der Waals surface area (Å²) in [6.07, 6.45) is 0.218. The second-order valence-corrected chi connectivity index (χ2v) is 4.16. The van der Waals surface area contributed by atoms with Crippen molar-refractivity contribution in [3.8, 4) is 0 Å². The highest BCUT2D eigenvalue weighted by molar-refractivity contribution is 7.84. The maximum atomic E-state index is 11.0. The lowest BCUT2D eigenvalue weighted by Gasteiger charge is -2.35. The highest BCUT2D eigenvalue weighted by Gasteiger charge is 2.44. The zero-order valence-electron chi connectivity index (χ0n) is 7.43. The van der Waals surface area contributed by atoms with Gasteiger partial charge in [-0.25, -0.2) is 4.31 Å². The van der Waals surface area contributed by atoms with Crippen LogP contribution in [0.3, 0.4) is 0 Å². The van der Waals surface area contributed by atoms with Gasteiger partial charge in [0, 0.05) is 6.42 Å². The van der Waals surface area contributed by atoms with Crippen molar-refractivity contribution in [3.05, 3.63) is 0 Å². The van der Waals surface area contributed by atoms with E-state index in [1.54, 1.807) is 6.92 Å². The lowest BCUT2D eigenvalue weighted by atomic mass is 10.1. The van der Waals surface area contributed by atoms with Crippen molar-refractivity contribution in [3.63, 3.8) is 0 Å². The van der Waals surface area contributed by atoms with E-state index in [9.17, 15) is 18.0 Å². The topological polar surface area (TPSA) is 104 Å². The van der Waals surface area contributed by atoms with Gasteiger partial charge in [0.2, 0.25) is 5.91 Å². The van der Waals surface area contributed by atoms with Gasteiger partial charge in [-0.3, -0.25) is 14.1 Å². The van der Waals surface area contributed by atoms with Crippen molar-refractivity contribution in [2.75, 3.05) is 6.54 Å². The maximum Gasteiger partial charge on any atom is 0.362 e. The predicted octanol–water partition coefficient (Wildman–Crippen LogP) is -1.47. The fraction of sp³-hybridized carbons (Fsp3) is 0.667. The number of hydrogen-bond donors (Lipinski definition) is 2. The van der Waals surface area contributed by atoms with E-state index in [4.69, 9.17) is 4.55 Å². The van der Waals surface area contributed by atoms with Gasteiger partial charge < -0.3 is 5.32 Å². The highest BCUT2D eigenvalue weighted by Crippen LogP contribution is 2.13. The molecule has 0 spiro atoms. The largest absolute Gasteiger partial charge is 0.362 e. The number of rotatable bonds is 3. The number of nitrogens with one attached hydrogen (secondary N) is 1. The van der Waals surface area contributed by atoms with E-state index in [-0.39, 0.29) is 18.9 Å². The Morgan fingerprint density at radius 1 is 1.71 bits per heavy atom. The zero-order valence-corrected chi connectivity index (χ0v) is 8.24. The third kappa shape index (κ3) is 2.02. The van der Waals surface area contributed by atoms with Gasteiger partial charge >= 0.3 is 10.3 Å². The van der Waals surface area contributed by atoms with E-state index < -0.39 is 22.3 Å². The van der Waals surface area contributed by atoms with Crippen molar-refractivity contribution in [1.82, 2.24) is 9.62 Å². The summed E-state index contributed by atoms with van der Waals surface area (Å²) in [5, 5.41) is 2.31. The average Bonchev–Trinajstić information content (AvgIpc) is 2.08. The molecule has 0 radical (unpaired) electrons. The summed E-state index contributed by atoms with van der Waals surface area (Å²) in [7, 11) is -4.46. The van der Waals surface area contributed by atoms with Gasteiger partial charge in [-0.2, -0.15) is 8.42 Å². The molecule has 1 aliphatic heterocycles. The molecular formula is C6H10N2O5S. The third-order valence-corrected chi connectivity index (χ3v) is 2.71. The summed E-state index contributed by atoms with van der Waals surface area (Å²) >= 11 is 0. The van der Waals surface area contributed by atoms with Crippen LogP contribution in [0.1, 0.15) is 13.3 Å². The quantitative estimate of drug-likeness (QED) is 0.448. The van der Waals surface area contributed by atoms with Gasteiger partial charge in [-0.1, -0.05) is 6.92 Å². The molecule has 2 amide bonds. The molecule has 8 heteroatoms. The molecule has 0 aromatic heterocycles. The van der Waals surface area contributed by atoms with Crippen molar-refractivity contribution >= 4 is 22.1 Å². The summed E-state index contributed by atoms with van der Waals surface area (Å²) in [5.41, 5.74) is 0. The van der Waals surface area contributed by atoms with Crippen LogP contribution in [-0.2, 0) is 19.9 Å². The SMILES string of the molecule is CCC(=O)NC1CN(S(=O)(=O)O)C1=O. The first-order valence-corrected chi connectivity index (χ1v) is 5.34. The molecule has 0 saturated carbocycles. The van der Waals surface area contributed by atoms with Crippen molar-refractivity contribution < 1.29 is 22.6 Å². The fourth-order valence-corrected chi connectivity index (χ4v) is 1.70. The van der Waals surface area contributed by atoms with Crippen molar-refractivity contribution in [2.45, 2.75) is 19.4 Å². The number of carbonyl (C=O) groups excluding carboxylic acids is 2. The minimum absolute atomic E-state index is 0.205. The van der Waals surface area contributed by atoms with Gasteiger partial charge in [0.1, 0.15) is 6.04 Å². The highest BCUT2D eigenvalue weighted by atomic mass is 32.2. The van der Waals surface area contributed by atoms with Crippen LogP contribution in [0.15, 0.2) is 0 Å². The molecule has 1 saturated heterocycles. The van der Waals surface area contributed by atoms with Gasteiger partial charge in [-0.15, -0.1) is 0 Å². The van der Waals surface area contributed by atoms with Gasteiger partial charge in [0.05, 0.1) is 6.54 Å². The summed E-state index contributed by atoms with van der Waals surface area (Å²) < 4.78 is 29.7. The predicted molar refractivity (Wildman–Crippen MR) is 45.5 cm³/mol. The molecule has 2 N–H and O–H groups in total. The van der Waals surface area contributed by atoms with E-state index >= 15 is 0 Å². The molecule has 80 valence electrons. The first kappa shape index (κ1) is 10.9. The molecule has 0 aromatic rings. The Labute approximate surface area is 81.0 Å². The second kappa shape index (κ2) is 3.54. The van der Waals surface area contributed by atoms with E-state index in [0.717, 1.165) is 0 Å². The molecule has 1 unspecified atom stereocenters. The Morgan fingerprint density at radius 3 is 2.64 bits per heavy atom. The minimum Gasteiger partial charge on any atom is -0.343 e. The molecule has 0 aliphatic carbocycles. The van der Waals surface area contributed by atoms with Gasteiger partial charge in [0.25, 0.3) is 5.91 Å². The average molecular weight is 222 g/mol. The van der Waals surface area contributed by atoms with E-state index in [1.807, 2.05) is 0 Å². The summed E-state index contributed by atoms with van der Waals surface area (Å²) in [6, 6.07) is -0.829. The Hall–Kier alpha value is -1.15. The van der Waals surface area contributed by atoms with Crippen LogP contribution in [0.2, 0.25) is 0 Å². The van der Waals surface area contributed by atoms with E-state index in [0.29, 0.717) is 4.31 Å². The van der Waals surface area contributed by atoms with Crippen molar-refractivity contribution in [1.29, 1.82) is 0 Å². The maximum absolute atomic E-state index is 11.0. The summed E-state index contributed by atoms with van der Waals surface area (Å²) in [5.74, 6) is -1.15. The number of β-lactam (4-membered cyclic amide) rings is 1. The first-order chi connectivity index (χ1) is 6.36. The van der Waals surface area contributed by atoms with Crippen LogP contribution in [0.4, 0.5) is 0 Å². The lowest BCUT2D eigenvalue weighted by molar-refractivity contribution is -0.140. The Bertz CT molecular complexity index is 362. The molecule has 1 aliphatic rings. The molecule has 1 fully saturated rings. The van der Waals surface area contributed by atoms with Crippen LogP contribution in [0, 0.1) is 0 Å². The molecule has 1 rings (SSSR count). The third-order valence-electron chi connectivity index (χ3n) is 1.83.